The van der Waals surface area contributed by atoms with Crippen molar-refractivity contribution in [2.75, 3.05) is 13.7 Å². The van der Waals surface area contributed by atoms with Gasteiger partial charge in [0, 0.05) is 21.0 Å². The molecule has 0 aliphatic heterocycles. The minimum Gasteiger partial charge on any atom is -0.481 e. The summed E-state index contributed by atoms with van der Waals surface area (Å²) in [6, 6.07) is 0. The van der Waals surface area contributed by atoms with Crippen LogP contribution >= 0.6 is 0 Å². The molecule has 132 valence electrons. The molecule has 0 rings (SSSR count). The summed E-state index contributed by atoms with van der Waals surface area (Å²) in [6.45, 7) is 13.9. The fourth-order valence-corrected chi connectivity index (χ4v) is 0.910. The van der Waals surface area contributed by atoms with Gasteiger partial charge in [-0.15, -0.1) is 0 Å². The number of aliphatic carboxylic acids is 1. The Bertz CT molecular complexity index is 205. The summed E-state index contributed by atoms with van der Waals surface area (Å²) in [5.74, 6) is -1.04. The van der Waals surface area contributed by atoms with E-state index < -0.39 is 5.97 Å². The molecule has 0 atom stereocenters. The van der Waals surface area contributed by atoms with E-state index in [1.165, 1.54) is 26.2 Å². The van der Waals surface area contributed by atoms with E-state index >= 15 is 0 Å². The van der Waals surface area contributed by atoms with Crippen molar-refractivity contribution in [2.24, 2.45) is 5.41 Å². The number of ether oxygens (including phenoxy) is 1. The number of carboxylic acid groups (broad SMARTS) is 1. The Labute approximate surface area is 129 Å². The molecular formula is C15H36O6. The standard InChI is InChI=1S/C8H18.C4H8O2.C2H4O2.CH4O.H2O/c1-5-6-7-8(2,3)4;1-3-6-4(2)5;1-2(3)4;1-2;/h5-7H2,1-4H3;3H2,1-2H3;1H3,(H,3,4);2H,1H3;1H2. The van der Waals surface area contributed by atoms with Crippen LogP contribution < -0.4 is 0 Å². The molecule has 0 aromatic carbocycles. The van der Waals surface area contributed by atoms with Crippen molar-refractivity contribution in [3.63, 3.8) is 0 Å². The van der Waals surface area contributed by atoms with Gasteiger partial charge in [-0.05, 0) is 18.8 Å². The van der Waals surface area contributed by atoms with Crippen molar-refractivity contribution >= 4 is 11.9 Å². The lowest BCUT2D eigenvalue weighted by atomic mass is 9.90. The Hall–Kier alpha value is -1.14. The van der Waals surface area contributed by atoms with Crippen LogP contribution in [0.3, 0.4) is 0 Å². The molecule has 6 heteroatoms. The van der Waals surface area contributed by atoms with Crippen molar-refractivity contribution in [1.29, 1.82) is 0 Å². The maximum Gasteiger partial charge on any atom is 0.302 e. The second-order valence-electron chi connectivity index (χ2n) is 5.11. The van der Waals surface area contributed by atoms with Crippen LogP contribution in [0.4, 0.5) is 0 Å². The van der Waals surface area contributed by atoms with Gasteiger partial charge in [-0.3, -0.25) is 9.59 Å². The molecule has 0 saturated carbocycles. The van der Waals surface area contributed by atoms with Crippen LogP contribution in [0.5, 0.6) is 0 Å². The van der Waals surface area contributed by atoms with E-state index in [1.807, 2.05) is 0 Å². The lowest BCUT2D eigenvalue weighted by Crippen LogP contribution is -2.03. The lowest BCUT2D eigenvalue weighted by molar-refractivity contribution is -0.140. The molecule has 0 aromatic heterocycles. The quantitative estimate of drug-likeness (QED) is 0.777. The summed E-state index contributed by atoms with van der Waals surface area (Å²) in [6.07, 6.45) is 4.07. The first-order chi connectivity index (χ1) is 9.06. The smallest absolute Gasteiger partial charge is 0.302 e. The molecule has 4 N–H and O–H groups in total. The molecule has 0 fully saturated rings. The Balaban J connectivity index is -0.0000000587. The summed E-state index contributed by atoms with van der Waals surface area (Å²) in [5.41, 5.74) is 0.552. The molecule has 0 saturated heterocycles. The highest BCUT2D eigenvalue weighted by atomic mass is 16.5. The predicted molar refractivity (Wildman–Crippen MR) is 86.4 cm³/mol. The fraction of sp³-hybridized carbons (Fsp3) is 0.867. The number of unbranched alkanes of at least 4 members (excludes halogenated alkanes) is 1. The van der Waals surface area contributed by atoms with Crippen molar-refractivity contribution in [3.8, 4) is 0 Å². The van der Waals surface area contributed by atoms with E-state index in [4.69, 9.17) is 15.0 Å². The number of carboxylic acids is 1. The maximum absolute atomic E-state index is 9.82. The first-order valence-corrected chi connectivity index (χ1v) is 6.84. The Morgan fingerprint density at radius 1 is 1.05 bits per heavy atom. The molecule has 0 aliphatic rings. The summed E-state index contributed by atoms with van der Waals surface area (Å²) in [7, 11) is 1.00. The number of rotatable bonds is 3. The molecule has 0 bridgehead atoms. The zero-order valence-corrected chi connectivity index (χ0v) is 14.9. The van der Waals surface area contributed by atoms with E-state index in [-0.39, 0.29) is 11.4 Å². The molecule has 21 heavy (non-hydrogen) atoms. The summed E-state index contributed by atoms with van der Waals surface area (Å²) < 4.78 is 4.40. The van der Waals surface area contributed by atoms with Gasteiger partial charge in [-0.25, -0.2) is 0 Å². The van der Waals surface area contributed by atoms with Gasteiger partial charge in [0.15, 0.2) is 0 Å². The monoisotopic (exact) mass is 312 g/mol. The zero-order valence-electron chi connectivity index (χ0n) is 14.9. The summed E-state index contributed by atoms with van der Waals surface area (Å²) in [4.78, 5) is 18.8. The summed E-state index contributed by atoms with van der Waals surface area (Å²) in [5, 5.41) is 14.4. The summed E-state index contributed by atoms with van der Waals surface area (Å²) >= 11 is 0. The predicted octanol–water partition coefficient (Wildman–Crippen LogP) is 2.67. The molecule has 6 nitrogen and oxygen atoms in total. The minimum atomic E-state index is -0.833. The third-order valence-electron chi connectivity index (χ3n) is 1.63. The van der Waals surface area contributed by atoms with Crippen molar-refractivity contribution in [1.82, 2.24) is 0 Å². The average Bonchev–Trinajstić information content (AvgIpc) is 2.28. The van der Waals surface area contributed by atoms with Crippen LogP contribution in [0.2, 0.25) is 0 Å². The van der Waals surface area contributed by atoms with E-state index in [2.05, 4.69) is 32.4 Å². The number of carbonyl (C=O) groups excluding carboxylic acids is 1. The van der Waals surface area contributed by atoms with E-state index in [0.717, 1.165) is 14.0 Å². The van der Waals surface area contributed by atoms with E-state index in [9.17, 15) is 4.79 Å². The van der Waals surface area contributed by atoms with Gasteiger partial charge in [-0.1, -0.05) is 40.5 Å². The Morgan fingerprint density at radius 3 is 1.43 bits per heavy atom. The van der Waals surface area contributed by atoms with Crippen LogP contribution in [-0.4, -0.2) is 41.3 Å². The highest BCUT2D eigenvalue weighted by Gasteiger charge is 2.07. The fourth-order valence-electron chi connectivity index (χ4n) is 0.910. The number of esters is 1. The topological polar surface area (TPSA) is 115 Å². The third-order valence-corrected chi connectivity index (χ3v) is 1.63. The van der Waals surface area contributed by atoms with Gasteiger partial charge in [-0.2, -0.15) is 0 Å². The number of hydrogen-bond donors (Lipinski definition) is 2. The lowest BCUT2D eigenvalue weighted by Gasteiger charge is -2.16. The Kier molecular flexibility index (Phi) is 36.4. The molecule has 0 spiro atoms. The van der Waals surface area contributed by atoms with Gasteiger partial charge in [0.1, 0.15) is 0 Å². The average molecular weight is 312 g/mol. The van der Waals surface area contributed by atoms with Crippen molar-refractivity contribution < 1.29 is 30.0 Å². The largest absolute Gasteiger partial charge is 0.481 e. The molecule has 0 aromatic rings. The maximum atomic E-state index is 9.82. The van der Waals surface area contributed by atoms with Gasteiger partial charge in [0.25, 0.3) is 5.97 Å². The SMILES string of the molecule is CC(=O)O.CCCCC(C)(C)C.CCOC(C)=O.CO.O. The molecule has 0 aliphatic carbocycles. The molecule has 0 unspecified atom stereocenters. The van der Waals surface area contributed by atoms with Crippen molar-refractivity contribution in [2.45, 2.75) is 67.7 Å². The van der Waals surface area contributed by atoms with E-state index in [0.29, 0.717) is 12.0 Å². The van der Waals surface area contributed by atoms with Crippen LogP contribution in [0, 0.1) is 5.41 Å². The normalized spacial score (nSPS) is 8.24. The molecular weight excluding hydrogens is 276 g/mol. The van der Waals surface area contributed by atoms with Crippen LogP contribution in [0.1, 0.15) is 67.7 Å². The van der Waals surface area contributed by atoms with Gasteiger partial charge in [0.05, 0.1) is 6.61 Å². The van der Waals surface area contributed by atoms with Gasteiger partial charge >= 0.3 is 5.97 Å². The molecule has 0 radical (unpaired) electrons. The van der Waals surface area contributed by atoms with E-state index in [1.54, 1.807) is 6.92 Å². The number of carbonyl (C=O) groups is 2. The van der Waals surface area contributed by atoms with Crippen LogP contribution in [-0.2, 0) is 14.3 Å². The molecule has 0 amide bonds. The second-order valence-corrected chi connectivity index (χ2v) is 5.11. The molecule has 0 heterocycles. The van der Waals surface area contributed by atoms with Crippen LogP contribution in [0.25, 0.3) is 0 Å². The van der Waals surface area contributed by atoms with Gasteiger partial charge < -0.3 is 20.4 Å². The second kappa shape index (κ2) is 23.9. The highest BCUT2D eigenvalue weighted by molar-refractivity contribution is 5.65. The third kappa shape index (κ3) is 114. The first kappa shape index (κ1) is 32.0. The van der Waals surface area contributed by atoms with Crippen LogP contribution in [0.15, 0.2) is 0 Å². The first-order valence-electron chi connectivity index (χ1n) is 6.84. The van der Waals surface area contributed by atoms with Gasteiger partial charge in [0.2, 0.25) is 0 Å². The van der Waals surface area contributed by atoms with Crippen molar-refractivity contribution in [3.05, 3.63) is 0 Å². The minimum absolute atomic E-state index is 0. The number of aliphatic hydroxyl groups is 1. The number of hydrogen-bond acceptors (Lipinski definition) is 4. The Morgan fingerprint density at radius 2 is 1.38 bits per heavy atom. The number of aliphatic hydroxyl groups excluding tert-OH is 1. The highest BCUT2D eigenvalue weighted by Crippen LogP contribution is 2.20. The zero-order chi connectivity index (χ0) is 17.2.